The molecule has 1 amide bonds. The first-order valence-corrected chi connectivity index (χ1v) is 10.3. The smallest absolute Gasteiger partial charge is 0.245 e. The molecule has 0 unspecified atom stereocenters. The van der Waals surface area contributed by atoms with Crippen molar-refractivity contribution in [1.29, 1.82) is 0 Å². The predicted molar refractivity (Wildman–Crippen MR) is 120 cm³/mol. The van der Waals surface area contributed by atoms with Crippen LogP contribution < -0.4 is 15.4 Å². The van der Waals surface area contributed by atoms with Crippen molar-refractivity contribution in [2.45, 2.75) is 19.9 Å². The van der Waals surface area contributed by atoms with Gasteiger partial charge in [0.2, 0.25) is 17.7 Å². The zero-order valence-electron chi connectivity index (χ0n) is 17.4. The lowest BCUT2D eigenvalue weighted by atomic mass is 10.1. The molecule has 0 radical (unpaired) electrons. The van der Waals surface area contributed by atoms with Gasteiger partial charge in [-0.1, -0.05) is 18.2 Å². The normalized spacial score (nSPS) is 12.5. The van der Waals surface area contributed by atoms with Crippen molar-refractivity contribution < 1.29 is 13.9 Å². The van der Waals surface area contributed by atoms with Gasteiger partial charge >= 0.3 is 0 Å². The Kier molecular flexibility index (Phi) is 5.10. The van der Waals surface area contributed by atoms with Crippen molar-refractivity contribution in [1.82, 2.24) is 15.0 Å². The molecule has 7 nitrogen and oxygen atoms in total. The molecule has 1 aliphatic heterocycles. The van der Waals surface area contributed by atoms with Crippen molar-refractivity contribution in [3.8, 4) is 17.1 Å². The van der Waals surface area contributed by atoms with Crippen molar-refractivity contribution >= 4 is 28.6 Å². The SMILES string of the molecule is CCOc1nc(NCc2ccc(F)cc2)nc2ccc(-c3ccc4c(c3)CC(=O)N4)nc12. The van der Waals surface area contributed by atoms with E-state index in [0.717, 1.165) is 28.1 Å². The van der Waals surface area contributed by atoms with Crippen LogP contribution in [-0.4, -0.2) is 27.5 Å². The molecule has 2 N–H and O–H groups in total. The molecule has 0 atom stereocenters. The van der Waals surface area contributed by atoms with E-state index in [1.54, 1.807) is 12.1 Å². The van der Waals surface area contributed by atoms with Crippen LogP contribution in [0.4, 0.5) is 16.0 Å². The summed E-state index contributed by atoms with van der Waals surface area (Å²) < 4.78 is 18.9. The van der Waals surface area contributed by atoms with Crippen LogP contribution in [0.3, 0.4) is 0 Å². The Morgan fingerprint density at radius 3 is 2.72 bits per heavy atom. The van der Waals surface area contributed by atoms with Gasteiger partial charge in [0.15, 0.2) is 5.52 Å². The average Bonchev–Trinajstić information content (AvgIpc) is 3.18. The van der Waals surface area contributed by atoms with Gasteiger partial charge in [0, 0.05) is 17.8 Å². The van der Waals surface area contributed by atoms with E-state index in [4.69, 9.17) is 9.72 Å². The van der Waals surface area contributed by atoms with Crippen LogP contribution in [-0.2, 0) is 17.8 Å². The van der Waals surface area contributed by atoms with Gasteiger partial charge in [-0.15, -0.1) is 0 Å². The average molecular weight is 429 g/mol. The highest BCUT2D eigenvalue weighted by atomic mass is 19.1. The molecule has 2 aromatic heterocycles. The largest absolute Gasteiger partial charge is 0.476 e. The Hall–Kier alpha value is -4.07. The highest BCUT2D eigenvalue weighted by molar-refractivity contribution is 5.99. The van der Waals surface area contributed by atoms with E-state index >= 15 is 0 Å². The number of hydrogen-bond acceptors (Lipinski definition) is 6. The highest BCUT2D eigenvalue weighted by Crippen LogP contribution is 2.30. The second kappa shape index (κ2) is 8.22. The molecular formula is C24H20FN5O2. The number of aromatic nitrogens is 3. The van der Waals surface area contributed by atoms with Crippen molar-refractivity contribution in [3.05, 3.63) is 71.5 Å². The monoisotopic (exact) mass is 429 g/mol. The zero-order chi connectivity index (χ0) is 22.1. The third kappa shape index (κ3) is 3.94. The molecule has 0 bridgehead atoms. The lowest BCUT2D eigenvalue weighted by Crippen LogP contribution is -2.07. The van der Waals surface area contributed by atoms with Gasteiger partial charge < -0.3 is 15.4 Å². The second-order valence-electron chi connectivity index (χ2n) is 7.43. The summed E-state index contributed by atoms with van der Waals surface area (Å²) in [5.74, 6) is 0.514. The van der Waals surface area contributed by atoms with Gasteiger partial charge in [-0.2, -0.15) is 4.98 Å². The molecule has 1 aliphatic rings. The Morgan fingerprint density at radius 1 is 1.06 bits per heavy atom. The van der Waals surface area contributed by atoms with Crippen molar-refractivity contribution in [3.63, 3.8) is 0 Å². The molecule has 8 heteroatoms. The first-order chi connectivity index (χ1) is 15.6. The summed E-state index contributed by atoms with van der Waals surface area (Å²) >= 11 is 0. The van der Waals surface area contributed by atoms with Crippen LogP contribution in [0, 0.1) is 5.82 Å². The fraction of sp³-hybridized carbons (Fsp3) is 0.167. The Labute approximate surface area is 183 Å². The number of carbonyl (C=O) groups excluding carboxylic acids is 1. The van der Waals surface area contributed by atoms with E-state index in [1.807, 2.05) is 37.3 Å². The lowest BCUT2D eigenvalue weighted by molar-refractivity contribution is -0.115. The highest BCUT2D eigenvalue weighted by Gasteiger charge is 2.19. The summed E-state index contributed by atoms with van der Waals surface area (Å²) in [6, 6.07) is 15.8. The van der Waals surface area contributed by atoms with E-state index < -0.39 is 0 Å². The zero-order valence-corrected chi connectivity index (χ0v) is 17.4. The van der Waals surface area contributed by atoms with Gasteiger partial charge in [0.05, 0.1) is 24.2 Å². The number of amides is 1. The number of ether oxygens (including phenoxy) is 1. The van der Waals surface area contributed by atoms with Gasteiger partial charge in [-0.25, -0.2) is 14.4 Å². The lowest BCUT2D eigenvalue weighted by Gasteiger charge is -2.11. The van der Waals surface area contributed by atoms with E-state index in [1.165, 1.54) is 12.1 Å². The van der Waals surface area contributed by atoms with E-state index in [2.05, 4.69) is 20.6 Å². The summed E-state index contributed by atoms with van der Waals surface area (Å²) in [6.45, 7) is 2.76. The molecule has 0 aliphatic carbocycles. The first-order valence-electron chi connectivity index (χ1n) is 10.3. The molecule has 0 fully saturated rings. The maximum Gasteiger partial charge on any atom is 0.245 e. The van der Waals surface area contributed by atoms with Gasteiger partial charge in [0.25, 0.3) is 0 Å². The molecule has 3 heterocycles. The Balaban J connectivity index is 1.47. The topological polar surface area (TPSA) is 89.0 Å². The third-order valence-electron chi connectivity index (χ3n) is 5.18. The standard InChI is InChI=1S/C24H20FN5O2/c1-2-32-23-22-20(29-24(30-23)26-13-14-3-6-17(25)7-4-14)10-9-18(28-22)15-5-8-19-16(11-15)12-21(31)27-19/h3-11H,2,12-13H2,1H3,(H,27,31)(H,26,29,30). The minimum absolute atomic E-state index is 0.00341. The summed E-state index contributed by atoms with van der Waals surface area (Å²) in [5, 5.41) is 6.00. The van der Waals surface area contributed by atoms with Crippen LogP contribution >= 0.6 is 0 Å². The van der Waals surface area contributed by atoms with Crippen LogP contribution in [0.15, 0.2) is 54.6 Å². The van der Waals surface area contributed by atoms with Gasteiger partial charge in [0.1, 0.15) is 5.82 Å². The first kappa shape index (κ1) is 19.9. The number of rotatable bonds is 6. The molecule has 0 saturated heterocycles. The number of benzene rings is 2. The van der Waals surface area contributed by atoms with Crippen LogP contribution in [0.25, 0.3) is 22.3 Å². The summed E-state index contributed by atoms with van der Waals surface area (Å²) in [5.41, 5.74) is 5.56. The number of hydrogen-bond donors (Lipinski definition) is 2. The van der Waals surface area contributed by atoms with E-state index in [-0.39, 0.29) is 11.7 Å². The quantitative estimate of drug-likeness (QED) is 0.474. The van der Waals surface area contributed by atoms with Crippen molar-refractivity contribution in [2.24, 2.45) is 0 Å². The van der Waals surface area contributed by atoms with E-state index in [9.17, 15) is 9.18 Å². The van der Waals surface area contributed by atoms with E-state index in [0.29, 0.717) is 42.4 Å². The van der Waals surface area contributed by atoms with Crippen molar-refractivity contribution in [2.75, 3.05) is 17.2 Å². The van der Waals surface area contributed by atoms with Crippen LogP contribution in [0.5, 0.6) is 5.88 Å². The number of carbonyl (C=O) groups is 1. The summed E-state index contributed by atoms with van der Waals surface area (Å²) in [4.78, 5) is 25.5. The molecular weight excluding hydrogens is 409 g/mol. The maximum absolute atomic E-state index is 13.1. The minimum atomic E-state index is -0.276. The van der Waals surface area contributed by atoms with Crippen LogP contribution in [0.2, 0.25) is 0 Å². The van der Waals surface area contributed by atoms with Crippen LogP contribution in [0.1, 0.15) is 18.1 Å². The molecule has 160 valence electrons. The number of fused-ring (bicyclic) bond motifs is 2. The predicted octanol–water partition coefficient (Wildman–Crippen LogP) is 4.34. The van der Waals surface area contributed by atoms with Gasteiger partial charge in [-0.3, -0.25) is 4.79 Å². The summed E-state index contributed by atoms with van der Waals surface area (Å²) in [6.07, 6.45) is 0.368. The number of nitrogens with zero attached hydrogens (tertiary/aromatic N) is 3. The Bertz CT molecular complexity index is 1320. The molecule has 32 heavy (non-hydrogen) atoms. The third-order valence-corrected chi connectivity index (χ3v) is 5.18. The fourth-order valence-corrected chi connectivity index (χ4v) is 3.64. The minimum Gasteiger partial charge on any atom is -0.476 e. The fourth-order valence-electron chi connectivity index (χ4n) is 3.64. The number of halogens is 1. The Morgan fingerprint density at radius 2 is 1.91 bits per heavy atom. The number of pyridine rings is 1. The maximum atomic E-state index is 13.1. The molecule has 2 aromatic carbocycles. The van der Waals surface area contributed by atoms with Gasteiger partial charge in [-0.05, 0) is 54.4 Å². The number of nitrogens with one attached hydrogen (secondary N) is 2. The molecule has 5 rings (SSSR count). The second-order valence-corrected chi connectivity index (χ2v) is 7.43. The molecule has 0 saturated carbocycles. The molecule has 4 aromatic rings. The number of anilines is 2. The summed E-state index contributed by atoms with van der Waals surface area (Å²) in [7, 11) is 0. The molecule has 0 spiro atoms.